The molecule has 21 heavy (non-hydrogen) atoms. The van der Waals surface area contributed by atoms with Gasteiger partial charge in [-0.2, -0.15) is 11.8 Å². The van der Waals surface area contributed by atoms with E-state index in [9.17, 15) is 9.59 Å². The molecule has 0 aliphatic carbocycles. The van der Waals surface area contributed by atoms with E-state index in [1.54, 1.807) is 18.2 Å². The third-order valence-electron chi connectivity index (χ3n) is 3.49. The summed E-state index contributed by atoms with van der Waals surface area (Å²) in [5, 5.41) is 11.7. The summed E-state index contributed by atoms with van der Waals surface area (Å²) in [7, 11) is 0. The van der Waals surface area contributed by atoms with Crippen molar-refractivity contribution in [2.75, 3.05) is 11.5 Å². The molecule has 0 atom stereocenters. The number of carbonyl (C=O) groups excluding carboxylic acids is 1. The Bertz CT molecular complexity index is 563. The summed E-state index contributed by atoms with van der Waals surface area (Å²) in [5.74, 6) is 1.17. The molecule has 0 bridgehead atoms. The first-order chi connectivity index (χ1) is 10.1. The van der Waals surface area contributed by atoms with Crippen LogP contribution < -0.4 is 5.32 Å². The van der Waals surface area contributed by atoms with Crippen molar-refractivity contribution >= 4 is 29.7 Å². The molecule has 1 heterocycles. The largest absolute Gasteiger partial charge is 0.478 e. The number of aliphatic carboxylic acids is 1. The number of hydrogen-bond donors (Lipinski definition) is 2. The monoisotopic (exact) mass is 305 g/mol. The summed E-state index contributed by atoms with van der Waals surface area (Å²) >= 11 is 1.93. The zero-order valence-electron chi connectivity index (χ0n) is 12.0. The number of thioether (sulfide) groups is 1. The number of aryl methyl sites for hydroxylation is 1. The number of carbonyl (C=O) groups is 2. The van der Waals surface area contributed by atoms with Crippen molar-refractivity contribution < 1.29 is 14.7 Å². The second-order valence-electron chi connectivity index (χ2n) is 5.10. The van der Waals surface area contributed by atoms with E-state index in [-0.39, 0.29) is 11.9 Å². The summed E-state index contributed by atoms with van der Waals surface area (Å²) in [6.07, 6.45) is 4.68. The first-order valence-corrected chi connectivity index (χ1v) is 8.12. The van der Waals surface area contributed by atoms with E-state index >= 15 is 0 Å². The molecule has 1 amide bonds. The van der Waals surface area contributed by atoms with Crippen molar-refractivity contribution in [1.29, 1.82) is 0 Å². The Kier molecular flexibility index (Phi) is 5.44. The lowest BCUT2D eigenvalue weighted by Crippen LogP contribution is -2.37. The molecule has 2 rings (SSSR count). The van der Waals surface area contributed by atoms with Gasteiger partial charge >= 0.3 is 5.97 Å². The van der Waals surface area contributed by atoms with Crippen molar-refractivity contribution in [3.05, 3.63) is 41.0 Å². The lowest BCUT2D eigenvalue weighted by Gasteiger charge is -2.22. The number of nitrogens with one attached hydrogen (secondary N) is 1. The number of carboxylic acid groups (broad SMARTS) is 1. The molecule has 0 saturated carbocycles. The van der Waals surface area contributed by atoms with Gasteiger partial charge in [-0.3, -0.25) is 4.79 Å². The number of rotatable bonds is 4. The van der Waals surface area contributed by atoms with Crippen LogP contribution in [0.1, 0.15) is 34.3 Å². The summed E-state index contributed by atoms with van der Waals surface area (Å²) in [6.45, 7) is 1.87. The van der Waals surface area contributed by atoms with E-state index in [2.05, 4.69) is 5.32 Å². The van der Waals surface area contributed by atoms with Crippen LogP contribution in [0.5, 0.6) is 0 Å². The molecule has 2 N–H and O–H groups in total. The van der Waals surface area contributed by atoms with Crippen LogP contribution in [0.25, 0.3) is 6.08 Å². The van der Waals surface area contributed by atoms with E-state index < -0.39 is 5.97 Å². The highest BCUT2D eigenvalue weighted by Crippen LogP contribution is 2.18. The Morgan fingerprint density at radius 1 is 1.33 bits per heavy atom. The zero-order valence-corrected chi connectivity index (χ0v) is 12.8. The van der Waals surface area contributed by atoms with Crippen LogP contribution in [-0.4, -0.2) is 34.5 Å². The molecular weight excluding hydrogens is 286 g/mol. The molecule has 0 spiro atoms. The lowest BCUT2D eigenvalue weighted by molar-refractivity contribution is -0.131. The molecule has 1 aromatic carbocycles. The molecule has 1 aromatic rings. The Hall–Kier alpha value is -1.75. The molecule has 1 saturated heterocycles. The fraction of sp³-hybridized carbons (Fsp3) is 0.375. The average Bonchev–Trinajstić information content (AvgIpc) is 2.46. The highest BCUT2D eigenvalue weighted by Gasteiger charge is 2.17. The third-order valence-corrected chi connectivity index (χ3v) is 4.54. The Labute approximate surface area is 128 Å². The molecule has 0 radical (unpaired) electrons. The third kappa shape index (κ3) is 4.63. The maximum Gasteiger partial charge on any atom is 0.328 e. The fourth-order valence-electron chi connectivity index (χ4n) is 2.28. The van der Waals surface area contributed by atoms with Gasteiger partial charge in [-0.15, -0.1) is 0 Å². The van der Waals surface area contributed by atoms with Crippen LogP contribution in [0.3, 0.4) is 0 Å². The molecule has 0 unspecified atom stereocenters. The second kappa shape index (κ2) is 7.31. The van der Waals surface area contributed by atoms with Gasteiger partial charge in [0.25, 0.3) is 5.91 Å². The van der Waals surface area contributed by atoms with Gasteiger partial charge in [0.05, 0.1) is 0 Å². The Morgan fingerprint density at radius 2 is 2.05 bits per heavy atom. The summed E-state index contributed by atoms with van der Waals surface area (Å²) in [6, 6.07) is 5.58. The molecule has 5 heteroatoms. The van der Waals surface area contributed by atoms with Crippen LogP contribution in [-0.2, 0) is 4.79 Å². The molecule has 1 fully saturated rings. The molecular formula is C16H19NO3S. The first kappa shape index (κ1) is 15.6. The quantitative estimate of drug-likeness (QED) is 0.839. The van der Waals surface area contributed by atoms with Crippen LogP contribution >= 0.6 is 11.8 Å². The van der Waals surface area contributed by atoms with E-state index in [0.29, 0.717) is 5.56 Å². The average molecular weight is 305 g/mol. The maximum absolute atomic E-state index is 12.2. The fourth-order valence-corrected chi connectivity index (χ4v) is 3.38. The Balaban J connectivity index is 2.04. The van der Waals surface area contributed by atoms with Crippen LogP contribution in [0.2, 0.25) is 0 Å². The lowest BCUT2D eigenvalue weighted by atomic mass is 10.0. The van der Waals surface area contributed by atoms with E-state index in [1.807, 2.05) is 18.7 Å². The minimum Gasteiger partial charge on any atom is -0.478 e. The number of hydrogen-bond acceptors (Lipinski definition) is 3. The van der Waals surface area contributed by atoms with Gasteiger partial charge in [0.1, 0.15) is 0 Å². The van der Waals surface area contributed by atoms with Gasteiger partial charge in [-0.1, -0.05) is 6.07 Å². The topological polar surface area (TPSA) is 66.4 Å². The number of amides is 1. The van der Waals surface area contributed by atoms with Gasteiger partial charge < -0.3 is 10.4 Å². The van der Waals surface area contributed by atoms with Crippen LogP contribution in [0, 0.1) is 6.92 Å². The predicted molar refractivity (Wildman–Crippen MR) is 85.7 cm³/mol. The van der Waals surface area contributed by atoms with Crippen molar-refractivity contribution in [3.8, 4) is 0 Å². The van der Waals surface area contributed by atoms with Gasteiger partial charge in [-0.05, 0) is 60.6 Å². The Morgan fingerprint density at radius 3 is 2.67 bits per heavy atom. The van der Waals surface area contributed by atoms with Crippen molar-refractivity contribution in [2.45, 2.75) is 25.8 Å². The predicted octanol–water partition coefficient (Wildman–Crippen LogP) is 2.72. The molecule has 112 valence electrons. The maximum atomic E-state index is 12.2. The number of carboxylic acids is 1. The van der Waals surface area contributed by atoms with Gasteiger partial charge in [-0.25, -0.2) is 4.79 Å². The summed E-state index contributed by atoms with van der Waals surface area (Å²) < 4.78 is 0. The van der Waals surface area contributed by atoms with Crippen LogP contribution in [0.15, 0.2) is 24.3 Å². The van der Waals surface area contributed by atoms with E-state index in [4.69, 9.17) is 5.11 Å². The highest BCUT2D eigenvalue weighted by atomic mass is 32.2. The van der Waals surface area contributed by atoms with Crippen molar-refractivity contribution in [2.24, 2.45) is 0 Å². The van der Waals surface area contributed by atoms with Gasteiger partial charge in [0.2, 0.25) is 0 Å². The summed E-state index contributed by atoms with van der Waals surface area (Å²) in [5.41, 5.74) is 2.32. The van der Waals surface area contributed by atoms with Gasteiger partial charge in [0, 0.05) is 17.7 Å². The summed E-state index contributed by atoms with van der Waals surface area (Å²) in [4.78, 5) is 22.7. The first-order valence-electron chi connectivity index (χ1n) is 6.96. The molecule has 1 aliphatic heterocycles. The normalized spacial score (nSPS) is 16.0. The molecule has 4 nitrogen and oxygen atoms in total. The van der Waals surface area contributed by atoms with Gasteiger partial charge in [0.15, 0.2) is 0 Å². The minimum atomic E-state index is -0.980. The van der Waals surface area contributed by atoms with E-state index in [0.717, 1.165) is 41.6 Å². The standard InChI is InChI=1S/C16H19NO3S/c1-11-10-13(3-2-12(11)4-5-15(18)19)16(20)17-14-6-8-21-9-7-14/h2-5,10,14H,6-9H2,1H3,(H,17,20)(H,18,19)/b5-4+. The SMILES string of the molecule is Cc1cc(C(=O)NC2CCSCC2)ccc1/C=C/C(=O)O. The van der Waals surface area contributed by atoms with E-state index in [1.165, 1.54) is 6.08 Å². The number of benzene rings is 1. The molecule has 0 aromatic heterocycles. The second-order valence-corrected chi connectivity index (χ2v) is 6.33. The van der Waals surface area contributed by atoms with Crippen molar-refractivity contribution in [3.63, 3.8) is 0 Å². The smallest absolute Gasteiger partial charge is 0.328 e. The molecule has 1 aliphatic rings. The van der Waals surface area contributed by atoms with Crippen LogP contribution in [0.4, 0.5) is 0 Å². The zero-order chi connectivity index (χ0) is 15.2. The highest BCUT2D eigenvalue weighted by molar-refractivity contribution is 7.99. The minimum absolute atomic E-state index is 0.0521. The van der Waals surface area contributed by atoms with Crippen molar-refractivity contribution in [1.82, 2.24) is 5.32 Å².